The van der Waals surface area contributed by atoms with Crippen LogP contribution in [0.5, 0.6) is 0 Å². The molecule has 12 heavy (non-hydrogen) atoms. The van der Waals surface area contributed by atoms with Crippen LogP contribution in [0.2, 0.25) is 0 Å². The van der Waals surface area contributed by atoms with E-state index in [1.165, 1.54) is 0 Å². The van der Waals surface area contributed by atoms with Gasteiger partial charge in [0.15, 0.2) is 0 Å². The number of nitrogens with two attached hydrogens (primary N) is 1. The second-order valence-corrected chi connectivity index (χ2v) is 2.12. The molecule has 0 saturated carbocycles. The average Bonchev–Trinajstić information content (AvgIpc) is 1.99. The van der Waals surface area contributed by atoms with Crippen LogP contribution in [0.4, 0.5) is 19.0 Å². The van der Waals surface area contributed by atoms with E-state index in [1.54, 1.807) is 0 Å². The maximum atomic E-state index is 12.5. The minimum Gasteiger partial charge on any atom is -0.383 e. The van der Waals surface area contributed by atoms with Crippen LogP contribution >= 0.6 is 0 Å². The van der Waals surface area contributed by atoms with Crippen molar-refractivity contribution in [2.24, 2.45) is 0 Å². The van der Waals surface area contributed by atoms with Gasteiger partial charge in [-0.05, 0) is 0 Å². The zero-order valence-electron chi connectivity index (χ0n) is 5.77. The minimum absolute atomic E-state index is 0.482. The van der Waals surface area contributed by atoms with Crippen LogP contribution < -0.4 is 11.2 Å². The molecule has 0 aliphatic carbocycles. The molecule has 0 amide bonds. The summed E-state index contributed by atoms with van der Waals surface area (Å²) in [5, 5.41) is 0. The van der Waals surface area contributed by atoms with Gasteiger partial charge in [0.2, 0.25) is 11.2 Å². The maximum Gasteiger partial charge on any atom is 0.278 e. The molecule has 0 aliphatic rings. The number of nitrogen functional groups attached to an aromatic ring is 1. The zero-order valence-corrected chi connectivity index (χ0v) is 5.77. The highest BCUT2D eigenvalue weighted by Gasteiger charge is 2.12. The molecule has 1 aromatic heterocycles. The quantitative estimate of drug-likeness (QED) is 0.674. The first-order valence-corrected chi connectivity index (χ1v) is 2.98. The van der Waals surface area contributed by atoms with Gasteiger partial charge in [-0.1, -0.05) is 0 Å². The predicted molar refractivity (Wildman–Crippen MR) is 36.4 cm³/mol. The third kappa shape index (κ3) is 1.41. The predicted octanol–water partition coefficient (Wildman–Crippen LogP) is 1.03. The molecule has 3 nitrogen and oxygen atoms in total. The summed E-state index contributed by atoms with van der Waals surface area (Å²) < 4.78 is 36.3. The molecule has 0 saturated heterocycles. The smallest absolute Gasteiger partial charge is 0.278 e. The SMILES string of the molecule is Nc1[nH]c(C(F)F)cc(=O)c1F. The number of hydrogen-bond donors (Lipinski definition) is 2. The van der Waals surface area contributed by atoms with E-state index in [1.807, 2.05) is 4.98 Å². The molecule has 0 radical (unpaired) electrons. The van der Waals surface area contributed by atoms with Gasteiger partial charge in [0.25, 0.3) is 6.43 Å². The molecule has 0 aromatic carbocycles. The van der Waals surface area contributed by atoms with E-state index in [-0.39, 0.29) is 0 Å². The minimum atomic E-state index is -2.86. The molecule has 1 rings (SSSR count). The zero-order chi connectivity index (χ0) is 9.30. The Labute approximate surface area is 65.0 Å². The lowest BCUT2D eigenvalue weighted by atomic mass is 10.3. The first-order chi connectivity index (χ1) is 5.52. The van der Waals surface area contributed by atoms with Crippen molar-refractivity contribution < 1.29 is 13.2 Å². The van der Waals surface area contributed by atoms with Crippen molar-refractivity contribution in [2.45, 2.75) is 6.43 Å². The number of anilines is 1. The Morgan fingerprint density at radius 3 is 2.50 bits per heavy atom. The van der Waals surface area contributed by atoms with Gasteiger partial charge in [-0.15, -0.1) is 0 Å². The largest absolute Gasteiger partial charge is 0.383 e. The summed E-state index contributed by atoms with van der Waals surface area (Å²) in [4.78, 5) is 12.4. The van der Waals surface area contributed by atoms with Crippen LogP contribution in [0.3, 0.4) is 0 Å². The van der Waals surface area contributed by atoms with E-state index in [2.05, 4.69) is 0 Å². The second kappa shape index (κ2) is 2.88. The Balaban J connectivity index is 3.31. The van der Waals surface area contributed by atoms with E-state index in [0.717, 1.165) is 0 Å². The van der Waals surface area contributed by atoms with E-state index in [0.29, 0.717) is 6.07 Å². The molecule has 6 heteroatoms. The highest BCUT2D eigenvalue weighted by atomic mass is 19.3. The lowest BCUT2D eigenvalue weighted by Gasteiger charge is -2.01. The van der Waals surface area contributed by atoms with Gasteiger partial charge in [0.05, 0.1) is 5.69 Å². The second-order valence-electron chi connectivity index (χ2n) is 2.12. The summed E-state index contributed by atoms with van der Waals surface area (Å²) in [7, 11) is 0. The molecular weight excluding hydrogens is 173 g/mol. The fourth-order valence-corrected chi connectivity index (χ4v) is 0.701. The number of alkyl halides is 2. The molecule has 3 N–H and O–H groups in total. The number of hydrogen-bond acceptors (Lipinski definition) is 2. The van der Waals surface area contributed by atoms with Crippen LogP contribution in [0, 0.1) is 5.82 Å². The molecular formula is C6H5F3N2O. The van der Waals surface area contributed by atoms with E-state index in [9.17, 15) is 18.0 Å². The van der Waals surface area contributed by atoms with E-state index < -0.39 is 29.2 Å². The standard InChI is InChI=1S/C6H5F3N2O/c7-4-3(12)1-2(5(8)9)11-6(4)10/h1,5H,(H3,10,11,12). The lowest BCUT2D eigenvalue weighted by molar-refractivity contribution is 0.146. The van der Waals surface area contributed by atoms with Gasteiger partial charge >= 0.3 is 0 Å². The highest BCUT2D eigenvalue weighted by molar-refractivity contribution is 5.31. The number of halogens is 3. The summed E-state index contributed by atoms with van der Waals surface area (Å²) in [5.41, 5.74) is 3.08. The van der Waals surface area contributed by atoms with Crippen molar-refractivity contribution in [2.75, 3.05) is 5.73 Å². The average molecular weight is 178 g/mol. The van der Waals surface area contributed by atoms with Crippen molar-refractivity contribution in [1.29, 1.82) is 0 Å². The number of pyridine rings is 1. The van der Waals surface area contributed by atoms with Gasteiger partial charge < -0.3 is 10.7 Å². The van der Waals surface area contributed by atoms with Gasteiger partial charge in [0.1, 0.15) is 5.82 Å². The van der Waals surface area contributed by atoms with Gasteiger partial charge in [-0.25, -0.2) is 8.78 Å². The van der Waals surface area contributed by atoms with Crippen molar-refractivity contribution >= 4 is 5.82 Å². The fourth-order valence-electron chi connectivity index (χ4n) is 0.701. The summed E-state index contributed by atoms with van der Waals surface area (Å²) in [6, 6.07) is 0.482. The molecule has 0 bridgehead atoms. The van der Waals surface area contributed by atoms with Crippen LogP contribution in [-0.4, -0.2) is 4.98 Å². The van der Waals surface area contributed by atoms with E-state index in [4.69, 9.17) is 5.73 Å². The van der Waals surface area contributed by atoms with Gasteiger partial charge in [-0.2, -0.15) is 4.39 Å². The molecule has 1 heterocycles. The third-order valence-corrected chi connectivity index (χ3v) is 1.25. The monoisotopic (exact) mass is 178 g/mol. The lowest BCUT2D eigenvalue weighted by Crippen LogP contribution is -2.13. The first-order valence-electron chi connectivity index (χ1n) is 2.98. The Morgan fingerprint density at radius 1 is 1.50 bits per heavy atom. The summed E-state index contributed by atoms with van der Waals surface area (Å²) in [6.45, 7) is 0. The van der Waals surface area contributed by atoms with Crippen LogP contribution in [0.1, 0.15) is 12.1 Å². The van der Waals surface area contributed by atoms with Crippen LogP contribution in [0.25, 0.3) is 0 Å². The van der Waals surface area contributed by atoms with Crippen molar-refractivity contribution in [1.82, 2.24) is 4.98 Å². The third-order valence-electron chi connectivity index (χ3n) is 1.25. The van der Waals surface area contributed by atoms with Crippen molar-refractivity contribution in [3.63, 3.8) is 0 Å². The Kier molecular flexibility index (Phi) is 2.07. The summed E-state index contributed by atoms with van der Waals surface area (Å²) >= 11 is 0. The summed E-state index contributed by atoms with van der Waals surface area (Å²) in [5.74, 6) is -1.91. The Bertz CT molecular complexity index is 347. The first kappa shape index (κ1) is 8.63. The number of aromatic amines is 1. The number of rotatable bonds is 1. The highest BCUT2D eigenvalue weighted by Crippen LogP contribution is 2.15. The molecule has 0 unspecified atom stereocenters. The van der Waals surface area contributed by atoms with Crippen molar-refractivity contribution in [3.05, 3.63) is 27.8 Å². The topological polar surface area (TPSA) is 58.9 Å². The molecule has 0 fully saturated rings. The molecule has 0 spiro atoms. The summed E-state index contributed by atoms with van der Waals surface area (Å²) in [6.07, 6.45) is -2.86. The number of H-pyrrole nitrogens is 1. The molecule has 0 aliphatic heterocycles. The van der Waals surface area contributed by atoms with Crippen molar-refractivity contribution in [3.8, 4) is 0 Å². The fraction of sp³-hybridized carbons (Fsp3) is 0.167. The Morgan fingerprint density at radius 2 is 2.08 bits per heavy atom. The van der Waals surface area contributed by atoms with Gasteiger partial charge in [-0.3, -0.25) is 4.79 Å². The number of aromatic nitrogens is 1. The molecule has 0 atom stereocenters. The molecule has 1 aromatic rings. The Hall–Kier alpha value is -1.46. The van der Waals surface area contributed by atoms with Crippen LogP contribution in [0.15, 0.2) is 10.9 Å². The van der Waals surface area contributed by atoms with Crippen LogP contribution in [-0.2, 0) is 0 Å². The maximum absolute atomic E-state index is 12.5. The number of nitrogens with one attached hydrogen (secondary N) is 1. The molecule has 66 valence electrons. The normalized spacial score (nSPS) is 10.7. The van der Waals surface area contributed by atoms with E-state index >= 15 is 0 Å². The van der Waals surface area contributed by atoms with Gasteiger partial charge in [0, 0.05) is 6.07 Å².